The third-order valence-electron chi connectivity index (χ3n) is 10.8. The van der Waals surface area contributed by atoms with Crippen molar-refractivity contribution in [1.29, 1.82) is 0 Å². The van der Waals surface area contributed by atoms with Gasteiger partial charge in [-0.05, 0) is 70.8 Å². The molecule has 3 aliphatic rings. The molecule has 2 heterocycles. The SMILES string of the molecule is O=C(/C=C/c1ccc(O)c(O)c1)O[C@H]1[C@@H]([C@H](O)CO)OC(C(=O)O)=C[C@H]1OC(=O)[C@@H]1C(C(=O)O[C@@H]2[C@H](O)[C@@H](O)CO[C@@H]2C[C@@H](O)C(=O)O)=Cc2cc(O)c(O)cc2[C@H]1c1ccc(O)c(O)c1. The molecule has 0 aromatic heterocycles. The summed E-state index contributed by atoms with van der Waals surface area (Å²) >= 11 is 0. The average Bonchev–Trinajstić information content (AvgIpc) is 3.27. The first-order chi connectivity index (χ1) is 31.2. The third kappa shape index (κ3) is 10.3. The standard InChI is InChI=1S/C43H42O23/c44-14-28(52)37-39(65-33(54)6-2-16-1-4-21(45)23(47)7-16)31(13-32(63-37)41(58)59)64-43(61)35-20(42(60)66-38-30(12-27(51)40(56)57)62-15-29(53)36(38)55)8-18-10-25(49)26(50)11-19(18)34(35)17-3-5-22(46)24(48)9-17/h1-11,13,27-31,34-39,44-53,55H,12,14-15H2,(H,56,57)(H,58,59)/b6-2+/t27-,28-,29+,30-,31-,34-,35-,36-,37-,38+,39-/m1/s1. The van der Waals surface area contributed by atoms with Crippen molar-refractivity contribution in [3.8, 4) is 34.5 Å². The van der Waals surface area contributed by atoms with Gasteiger partial charge in [-0.2, -0.15) is 0 Å². The normalized spacial score (nSPS) is 25.8. The van der Waals surface area contributed by atoms with E-state index in [1.807, 2.05) is 0 Å². The van der Waals surface area contributed by atoms with Crippen LogP contribution in [0.25, 0.3) is 12.2 Å². The summed E-state index contributed by atoms with van der Waals surface area (Å²) in [6.45, 7) is -1.73. The number of carboxylic acids is 2. The van der Waals surface area contributed by atoms with Crippen LogP contribution in [-0.4, -0.2) is 164 Å². The van der Waals surface area contributed by atoms with Gasteiger partial charge in [0.2, 0.25) is 5.76 Å². The van der Waals surface area contributed by atoms with Gasteiger partial charge in [-0.15, -0.1) is 0 Å². The molecular weight excluding hydrogens is 884 g/mol. The van der Waals surface area contributed by atoms with Gasteiger partial charge in [0.15, 0.2) is 65.0 Å². The predicted molar refractivity (Wildman–Crippen MR) is 215 cm³/mol. The molecule has 1 fully saturated rings. The number of ether oxygens (including phenoxy) is 5. The van der Waals surface area contributed by atoms with Gasteiger partial charge in [-0.3, -0.25) is 4.79 Å². The Kier molecular flexibility index (Phi) is 14.4. The first-order valence-electron chi connectivity index (χ1n) is 19.6. The van der Waals surface area contributed by atoms with Gasteiger partial charge in [0.1, 0.15) is 24.4 Å². The van der Waals surface area contributed by atoms with E-state index in [0.29, 0.717) is 6.08 Å². The van der Waals surface area contributed by atoms with Crippen molar-refractivity contribution in [2.24, 2.45) is 5.92 Å². The number of rotatable bonds is 14. The molecule has 3 aromatic carbocycles. The molecule has 1 aliphatic carbocycles. The van der Waals surface area contributed by atoms with E-state index >= 15 is 0 Å². The molecule has 0 amide bonds. The van der Waals surface area contributed by atoms with E-state index in [1.54, 1.807) is 0 Å². The number of hydrogen-bond acceptors (Lipinski definition) is 21. The van der Waals surface area contributed by atoms with Crippen molar-refractivity contribution in [3.05, 3.63) is 94.3 Å². The van der Waals surface area contributed by atoms with E-state index < -0.39 is 162 Å². The number of aliphatic carboxylic acids is 2. The van der Waals surface area contributed by atoms with E-state index in [2.05, 4.69) is 0 Å². The lowest BCUT2D eigenvalue weighted by Crippen LogP contribution is -2.56. The summed E-state index contributed by atoms with van der Waals surface area (Å²) < 4.78 is 27.7. The second-order valence-corrected chi connectivity index (χ2v) is 15.2. The molecule has 23 heteroatoms. The maximum atomic E-state index is 15.0. The van der Waals surface area contributed by atoms with Gasteiger partial charge in [0, 0.05) is 24.5 Å². The van der Waals surface area contributed by atoms with Crippen LogP contribution in [0.15, 0.2) is 72.0 Å². The second-order valence-electron chi connectivity index (χ2n) is 15.2. The van der Waals surface area contributed by atoms with Crippen LogP contribution in [0.1, 0.15) is 34.6 Å². The topological polar surface area (TPSA) is 394 Å². The quantitative estimate of drug-likeness (QED) is 0.0407. The Morgan fingerprint density at radius 3 is 2.08 bits per heavy atom. The summed E-state index contributed by atoms with van der Waals surface area (Å²) in [5, 5.41) is 133. The number of phenolic OH excluding ortho intramolecular Hbond substituents is 6. The summed E-state index contributed by atoms with van der Waals surface area (Å²) in [5.74, 6) is -16.5. The molecule has 11 atom stereocenters. The predicted octanol–water partition coefficient (Wildman–Crippen LogP) is -0.809. The molecule has 13 N–H and O–H groups in total. The van der Waals surface area contributed by atoms with Crippen molar-refractivity contribution in [2.45, 2.75) is 67.3 Å². The first kappa shape index (κ1) is 48.1. The van der Waals surface area contributed by atoms with Crippen LogP contribution < -0.4 is 0 Å². The molecule has 0 bridgehead atoms. The number of aliphatic hydroxyl groups excluding tert-OH is 5. The highest BCUT2D eigenvalue weighted by molar-refractivity contribution is 6.02. The van der Waals surface area contributed by atoms with Crippen molar-refractivity contribution in [2.75, 3.05) is 13.2 Å². The van der Waals surface area contributed by atoms with Crippen LogP contribution >= 0.6 is 0 Å². The summed E-state index contributed by atoms with van der Waals surface area (Å²) in [6.07, 6.45) is -14.8. The zero-order valence-corrected chi connectivity index (χ0v) is 33.8. The summed E-state index contributed by atoms with van der Waals surface area (Å²) in [7, 11) is 0. The van der Waals surface area contributed by atoms with Crippen molar-refractivity contribution in [1.82, 2.24) is 0 Å². The van der Waals surface area contributed by atoms with E-state index in [4.69, 9.17) is 23.7 Å². The monoisotopic (exact) mass is 926 g/mol. The Morgan fingerprint density at radius 2 is 1.44 bits per heavy atom. The molecule has 0 saturated carbocycles. The fourth-order valence-electron chi connectivity index (χ4n) is 7.52. The number of hydrogen-bond donors (Lipinski definition) is 13. The first-order valence-corrected chi connectivity index (χ1v) is 19.6. The highest BCUT2D eigenvalue weighted by atomic mass is 16.6. The Balaban J connectivity index is 1.47. The number of esters is 3. The van der Waals surface area contributed by atoms with Crippen LogP contribution in [0.3, 0.4) is 0 Å². The van der Waals surface area contributed by atoms with Crippen molar-refractivity contribution >= 4 is 42.0 Å². The summed E-state index contributed by atoms with van der Waals surface area (Å²) in [5.41, 5.74) is -0.834. The fraction of sp³-hybridized carbons (Fsp3) is 0.326. The molecule has 352 valence electrons. The number of aromatic hydroxyl groups is 6. The molecule has 2 aliphatic heterocycles. The smallest absolute Gasteiger partial charge is 0.370 e. The fourth-order valence-corrected chi connectivity index (χ4v) is 7.52. The van der Waals surface area contributed by atoms with Crippen LogP contribution in [0.2, 0.25) is 0 Å². The molecule has 23 nitrogen and oxygen atoms in total. The highest BCUT2D eigenvalue weighted by Crippen LogP contribution is 2.48. The number of fused-ring (bicyclic) bond motifs is 1. The maximum absolute atomic E-state index is 15.0. The number of carboxylic acid groups (broad SMARTS) is 2. The second kappa shape index (κ2) is 19.8. The molecule has 6 rings (SSSR count). The number of carbonyl (C=O) groups excluding carboxylic acids is 3. The number of carbonyl (C=O) groups is 5. The lowest BCUT2D eigenvalue weighted by Gasteiger charge is -2.40. The Hall–Kier alpha value is -7.41. The van der Waals surface area contributed by atoms with Gasteiger partial charge >= 0.3 is 29.8 Å². The van der Waals surface area contributed by atoms with Gasteiger partial charge in [-0.25, -0.2) is 19.2 Å². The molecule has 0 spiro atoms. The number of phenols is 6. The minimum atomic E-state index is -2.13. The molecule has 3 aromatic rings. The Morgan fingerprint density at radius 1 is 0.788 bits per heavy atom. The largest absolute Gasteiger partial charge is 0.504 e. The Bertz CT molecular complexity index is 2480. The molecule has 66 heavy (non-hydrogen) atoms. The van der Waals surface area contributed by atoms with Crippen LogP contribution in [0, 0.1) is 5.92 Å². The van der Waals surface area contributed by atoms with E-state index in [9.17, 15) is 90.4 Å². The van der Waals surface area contributed by atoms with E-state index in [-0.39, 0.29) is 22.3 Å². The van der Waals surface area contributed by atoms with Gasteiger partial charge in [-0.1, -0.05) is 12.1 Å². The molecule has 0 unspecified atom stereocenters. The summed E-state index contributed by atoms with van der Waals surface area (Å²) in [4.78, 5) is 66.6. The minimum Gasteiger partial charge on any atom is -0.504 e. The zero-order chi connectivity index (χ0) is 48.3. The molecular formula is C43H42O23. The van der Waals surface area contributed by atoms with Crippen LogP contribution in [0.4, 0.5) is 0 Å². The minimum absolute atomic E-state index is 0.0662. The molecule has 1 saturated heterocycles. The lowest BCUT2D eigenvalue weighted by atomic mass is 9.71. The van der Waals surface area contributed by atoms with E-state index in [1.165, 1.54) is 12.1 Å². The number of aliphatic hydroxyl groups is 5. The average molecular weight is 927 g/mol. The highest BCUT2D eigenvalue weighted by Gasteiger charge is 2.50. The third-order valence-corrected chi connectivity index (χ3v) is 10.8. The Labute approximate surface area is 370 Å². The summed E-state index contributed by atoms with van der Waals surface area (Å²) in [6, 6.07) is 8.53. The van der Waals surface area contributed by atoms with E-state index in [0.717, 1.165) is 54.6 Å². The van der Waals surface area contributed by atoms with Gasteiger partial charge in [0.25, 0.3) is 0 Å². The van der Waals surface area contributed by atoms with Crippen molar-refractivity contribution in [3.63, 3.8) is 0 Å². The maximum Gasteiger partial charge on any atom is 0.370 e. The van der Waals surface area contributed by atoms with Crippen molar-refractivity contribution < 1.29 is 114 Å². The number of benzene rings is 3. The molecule has 0 radical (unpaired) electrons. The van der Waals surface area contributed by atoms with Gasteiger partial charge < -0.3 is 90.1 Å². The van der Waals surface area contributed by atoms with Crippen LogP contribution in [-0.2, 0) is 47.7 Å². The lowest BCUT2D eigenvalue weighted by molar-refractivity contribution is -0.211. The van der Waals surface area contributed by atoms with Gasteiger partial charge in [0.05, 0.1) is 24.7 Å². The zero-order valence-electron chi connectivity index (χ0n) is 33.8. The van der Waals surface area contributed by atoms with Crippen LogP contribution in [0.5, 0.6) is 34.5 Å².